The van der Waals surface area contributed by atoms with Crippen molar-refractivity contribution in [3.63, 3.8) is 0 Å². The summed E-state index contributed by atoms with van der Waals surface area (Å²) in [5.74, 6) is 0. The summed E-state index contributed by atoms with van der Waals surface area (Å²) in [6, 6.07) is 0. The molecule has 0 heterocycles. The maximum atomic E-state index is 7.18. The molecule has 0 bridgehead atoms. The predicted molar refractivity (Wildman–Crippen MR) is 29.0 cm³/mol. The molecule has 0 rings (SSSR count). The molecule has 3 heteroatoms. The van der Waals surface area contributed by atoms with Crippen LogP contribution in [0.15, 0.2) is 12.8 Å². The second kappa shape index (κ2) is 26.3. The van der Waals surface area contributed by atoms with E-state index in [9.17, 15) is 0 Å². The van der Waals surface area contributed by atoms with E-state index in [4.69, 9.17) is 5.26 Å². The molecule has 6 heavy (non-hydrogen) atoms. The van der Waals surface area contributed by atoms with Gasteiger partial charge in [0.1, 0.15) is 5.40 Å². The number of hydrogen-bond donors (Lipinski definition) is 2. The lowest BCUT2D eigenvalue weighted by Gasteiger charge is -1.40. The number of hydrogen-bond acceptors (Lipinski definition) is 3. The fourth-order valence-electron chi connectivity index (χ4n) is 0. The van der Waals surface area contributed by atoms with Crippen LogP contribution in [0.25, 0.3) is 0 Å². The monoisotopic (exact) mass is 102 g/mol. The third-order valence-corrected chi connectivity index (χ3v) is 0. The summed E-state index contributed by atoms with van der Waals surface area (Å²) in [6.45, 7) is 3.14. The van der Waals surface area contributed by atoms with Gasteiger partial charge in [-0.1, -0.05) is 19.2 Å². The van der Waals surface area contributed by atoms with Crippen LogP contribution in [0.1, 0.15) is 0 Å². The van der Waals surface area contributed by atoms with Crippen molar-refractivity contribution >= 4 is 12.6 Å². The van der Waals surface area contributed by atoms with E-state index in [1.807, 2.05) is 0 Å². The van der Waals surface area contributed by atoms with Gasteiger partial charge in [0.25, 0.3) is 0 Å². The molecule has 0 amide bonds. The highest BCUT2D eigenvalue weighted by molar-refractivity contribution is 7.85. The highest BCUT2D eigenvalue weighted by Crippen LogP contribution is 1.46. The molecule has 0 unspecified atom stereocenters. The number of thiocyanates is 1. The van der Waals surface area contributed by atoms with Crippen LogP contribution in [0.2, 0.25) is 0 Å². The summed E-state index contributed by atoms with van der Waals surface area (Å²) in [4.78, 5) is 0. The van der Waals surface area contributed by atoms with Crippen LogP contribution in [-0.2, 0) is 0 Å². The first-order chi connectivity index (χ1) is 2.83. The number of nitrogens with zero attached hydrogens (tertiary/aromatic N) is 1. The van der Waals surface area contributed by atoms with Gasteiger partial charge in [-0.3, -0.25) is 0 Å². The molecule has 0 aliphatic heterocycles. The van der Waals surface area contributed by atoms with Gasteiger partial charge in [-0.15, -0.1) is 0 Å². The van der Waals surface area contributed by atoms with E-state index in [-0.39, 0.29) is 0 Å². The lowest BCUT2D eigenvalue weighted by Crippen LogP contribution is -1.67. The Balaban J connectivity index is 0. The molecule has 2 nitrogen and oxygen atoms in total. The quantitative estimate of drug-likeness (QED) is 0.345. The third-order valence-electron chi connectivity index (χ3n) is 0. The Bertz CT molecular complexity index is 54.3. The molecule has 0 radical (unpaired) electrons. The van der Waals surface area contributed by atoms with Gasteiger partial charge in [-0.2, -0.15) is 5.26 Å². The third kappa shape index (κ3) is 49.8. The maximum Gasteiger partial charge on any atom is 0.130 e. The molecule has 0 aliphatic carbocycles. The van der Waals surface area contributed by atoms with Crippen molar-refractivity contribution in [2.75, 3.05) is 0 Å². The highest BCUT2D eigenvalue weighted by atomic mass is 32.1. The lowest BCUT2D eigenvalue weighted by molar-refractivity contribution is 1.57. The summed E-state index contributed by atoms with van der Waals surface area (Å²) in [6.07, 6.45) is 1.25. The van der Waals surface area contributed by atoms with Crippen LogP contribution in [-0.4, -0.2) is 0 Å². The van der Waals surface area contributed by atoms with Crippen molar-refractivity contribution < 1.29 is 0 Å². The van der Waals surface area contributed by atoms with Crippen LogP contribution in [0.4, 0.5) is 0 Å². The van der Waals surface area contributed by atoms with Crippen molar-refractivity contribution in [2.45, 2.75) is 0 Å². The van der Waals surface area contributed by atoms with Gasteiger partial charge in [0.15, 0.2) is 0 Å². The smallest absolute Gasteiger partial charge is 0.130 e. The fourth-order valence-corrected chi connectivity index (χ4v) is 0. The molecule has 0 aromatic carbocycles. The average Bonchev–Trinajstić information content (AvgIpc) is 1.39. The summed E-state index contributed by atoms with van der Waals surface area (Å²) in [5, 5.41) is 8.63. The van der Waals surface area contributed by atoms with E-state index >= 15 is 0 Å². The van der Waals surface area contributed by atoms with Crippen molar-refractivity contribution in [3.8, 4) is 5.40 Å². The van der Waals surface area contributed by atoms with Gasteiger partial charge in [0, 0.05) is 0 Å². The van der Waals surface area contributed by atoms with E-state index in [0.29, 0.717) is 0 Å². The van der Waals surface area contributed by atoms with Crippen LogP contribution in [0.3, 0.4) is 0 Å². The largest absolute Gasteiger partial charge is 0.405 e. The van der Waals surface area contributed by atoms with Crippen LogP contribution in [0.5, 0.6) is 0 Å². The standard InChI is InChI=1S/C2H5N.CHNS/c1-2-3;2-1-3/h2H,1,3H2;3H. The first kappa shape index (κ1) is 9.03. The molecule has 0 spiro atoms. The Morgan fingerprint density at radius 3 is 2.00 bits per heavy atom. The van der Waals surface area contributed by atoms with Gasteiger partial charge >= 0.3 is 0 Å². The number of nitrogens with two attached hydrogens (primary N) is 1. The lowest BCUT2D eigenvalue weighted by atomic mass is 11.1. The Kier molecular flexibility index (Phi) is 39.6. The normalized spacial score (nSPS) is 3.33. The zero-order valence-electron chi connectivity index (χ0n) is 3.26. The SMILES string of the molecule is C=CN.N#CS. The van der Waals surface area contributed by atoms with Crippen LogP contribution < -0.4 is 5.73 Å². The Hall–Kier alpha value is -0.620. The second-order valence-corrected chi connectivity index (χ2v) is 0.536. The summed E-state index contributed by atoms with van der Waals surface area (Å²) in [5.41, 5.74) is 4.61. The van der Waals surface area contributed by atoms with Gasteiger partial charge in [-0.05, 0) is 6.20 Å². The number of nitriles is 1. The molecule has 34 valence electrons. The molecule has 0 aromatic rings. The number of rotatable bonds is 0. The molecule has 0 fully saturated rings. The maximum absolute atomic E-state index is 7.18. The van der Waals surface area contributed by atoms with Crippen molar-refractivity contribution in [1.82, 2.24) is 0 Å². The first-order valence-corrected chi connectivity index (χ1v) is 1.64. The van der Waals surface area contributed by atoms with Gasteiger partial charge in [-0.25, -0.2) is 0 Å². The molecular weight excluding hydrogens is 96.1 g/mol. The molecule has 0 saturated heterocycles. The van der Waals surface area contributed by atoms with Crippen LogP contribution in [0, 0.1) is 10.7 Å². The highest BCUT2D eigenvalue weighted by Gasteiger charge is 1.18. The summed E-state index contributed by atoms with van der Waals surface area (Å²) in [7, 11) is 0. The Morgan fingerprint density at radius 2 is 2.00 bits per heavy atom. The number of thiol groups is 1. The van der Waals surface area contributed by atoms with Crippen molar-refractivity contribution in [2.24, 2.45) is 5.73 Å². The summed E-state index contributed by atoms with van der Waals surface area (Å²) < 4.78 is 0. The minimum Gasteiger partial charge on any atom is -0.405 e. The minimum atomic E-state index is 1.25. The molecule has 0 atom stereocenters. The molecule has 0 aromatic heterocycles. The predicted octanol–water partition coefficient (Wildman–Crippen LogP) is 0.486. The molecule has 0 aliphatic rings. The Labute approximate surface area is 42.7 Å². The summed E-state index contributed by atoms with van der Waals surface area (Å²) >= 11 is 3.09. The van der Waals surface area contributed by atoms with Crippen LogP contribution >= 0.6 is 12.6 Å². The van der Waals surface area contributed by atoms with E-state index in [0.717, 1.165) is 0 Å². The zero-order valence-corrected chi connectivity index (χ0v) is 4.15. The molecule has 2 N–H and O–H groups in total. The zero-order chi connectivity index (χ0) is 5.41. The van der Waals surface area contributed by atoms with E-state index in [1.165, 1.54) is 11.6 Å². The van der Waals surface area contributed by atoms with E-state index in [2.05, 4.69) is 24.9 Å². The van der Waals surface area contributed by atoms with E-state index < -0.39 is 0 Å². The topological polar surface area (TPSA) is 49.8 Å². The average molecular weight is 102 g/mol. The van der Waals surface area contributed by atoms with Crippen molar-refractivity contribution in [1.29, 1.82) is 5.26 Å². The van der Waals surface area contributed by atoms with Gasteiger partial charge < -0.3 is 5.73 Å². The Morgan fingerprint density at radius 1 is 2.00 bits per heavy atom. The van der Waals surface area contributed by atoms with E-state index in [1.54, 1.807) is 0 Å². The van der Waals surface area contributed by atoms with Gasteiger partial charge in [0.05, 0.1) is 0 Å². The molecule has 0 saturated carbocycles. The second-order valence-electron chi connectivity index (χ2n) is 0.336. The first-order valence-electron chi connectivity index (χ1n) is 1.19. The minimum absolute atomic E-state index is 1.25. The molecular formula is C3H6N2S. The van der Waals surface area contributed by atoms with Gasteiger partial charge in [0.2, 0.25) is 0 Å². The van der Waals surface area contributed by atoms with Crippen molar-refractivity contribution in [3.05, 3.63) is 12.8 Å². The fraction of sp³-hybridized carbons (Fsp3) is 0.